The predicted molar refractivity (Wildman–Crippen MR) is 128 cm³/mol. The van der Waals surface area contributed by atoms with Crippen LogP contribution in [0.4, 0.5) is 5.82 Å². The zero-order chi connectivity index (χ0) is 19.8. The Hall–Kier alpha value is -1.84. The van der Waals surface area contributed by atoms with Gasteiger partial charge >= 0.3 is 0 Å². The number of aryl methyl sites for hydroxylation is 2. The zero-order valence-electron chi connectivity index (χ0n) is 17.7. The van der Waals surface area contributed by atoms with Gasteiger partial charge in [-0.3, -0.25) is 0 Å². The lowest BCUT2D eigenvalue weighted by Crippen LogP contribution is -2.36. The van der Waals surface area contributed by atoms with Crippen molar-refractivity contribution in [1.82, 2.24) is 20.6 Å². The minimum atomic E-state index is 0. The highest BCUT2D eigenvalue weighted by Crippen LogP contribution is 2.18. The van der Waals surface area contributed by atoms with Gasteiger partial charge in [-0.1, -0.05) is 12.8 Å². The second-order valence-electron chi connectivity index (χ2n) is 7.22. The molecule has 0 spiro atoms. The van der Waals surface area contributed by atoms with Crippen molar-refractivity contribution in [2.75, 3.05) is 24.5 Å². The largest absolute Gasteiger partial charge is 0.444 e. The van der Waals surface area contributed by atoms with Crippen LogP contribution in [0.15, 0.2) is 27.7 Å². The van der Waals surface area contributed by atoms with Gasteiger partial charge in [-0.15, -0.1) is 24.0 Å². The number of aromatic nitrogens is 2. The standard InChI is InChI=1S/C21H32N6O.HI/c1-4-22-21(25-15-20-26-16(2)17(3)28-20)24-14-18-9-10-23-19(13-18)27-11-7-5-6-8-12-27;/h9-10,13H,4-8,11-12,14-15H2,1-3H3,(H2,22,24,25);1H. The molecule has 2 N–H and O–H groups in total. The number of hydrogen-bond acceptors (Lipinski definition) is 5. The Kier molecular flexibility index (Phi) is 9.69. The molecular weight excluding hydrogens is 479 g/mol. The predicted octanol–water partition coefficient (Wildman–Crippen LogP) is 3.94. The van der Waals surface area contributed by atoms with Crippen molar-refractivity contribution in [3.8, 4) is 0 Å². The molecule has 0 radical (unpaired) electrons. The van der Waals surface area contributed by atoms with Crippen LogP contribution >= 0.6 is 24.0 Å². The van der Waals surface area contributed by atoms with Gasteiger partial charge in [-0.2, -0.15) is 0 Å². The zero-order valence-corrected chi connectivity index (χ0v) is 20.0. The molecule has 29 heavy (non-hydrogen) atoms. The van der Waals surface area contributed by atoms with Crippen molar-refractivity contribution < 1.29 is 4.42 Å². The third-order valence-electron chi connectivity index (χ3n) is 4.98. The summed E-state index contributed by atoms with van der Waals surface area (Å²) in [6.45, 7) is 10.0. The van der Waals surface area contributed by atoms with Crippen LogP contribution in [0.2, 0.25) is 0 Å². The van der Waals surface area contributed by atoms with E-state index in [2.05, 4.69) is 38.5 Å². The normalized spacial score (nSPS) is 14.9. The first-order valence-electron chi connectivity index (χ1n) is 10.3. The Bertz CT molecular complexity index is 764. The second kappa shape index (κ2) is 12.0. The van der Waals surface area contributed by atoms with Gasteiger partial charge in [0.2, 0.25) is 5.89 Å². The number of halogens is 1. The van der Waals surface area contributed by atoms with Gasteiger partial charge in [0.25, 0.3) is 0 Å². The van der Waals surface area contributed by atoms with Gasteiger partial charge in [-0.25, -0.2) is 15.0 Å². The smallest absolute Gasteiger partial charge is 0.214 e. The number of rotatable bonds is 6. The fourth-order valence-electron chi connectivity index (χ4n) is 3.32. The Morgan fingerprint density at radius 3 is 2.59 bits per heavy atom. The average molecular weight is 512 g/mol. The summed E-state index contributed by atoms with van der Waals surface area (Å²) in [7, 11) is 0. The third-order valence-corrected chi connectivity index (χ3v) is 4.98. The Morgan fingerprint density at radius 2 is 1.93 bits per heavy atom. The number of oxazole rings is 1. The fraction of sp³-hybridized carbons (Fsp3) is 0.571. The molecule has 0 aromatic carbocycles. The monoisotopic (exact) mass is 512 g/mol. The molecule has 1 saturated heterocycles. The lowest BCUT2D eigenvalue weighted by molar-refractivity contribution is 0.463. The summed E-state index contributed by atoms with van der Waals surface area (Å²) in [4.78, 5) is 16.1. The molecular formula is C21H33IN6O. The van der Waals surface area contributed by atoms with Gasteiger partial charge in [-0.05, 0) is 51.3 Å². The molecule has 1 fully saturated rings. The highest BCUT2D eigenvalue weighted by atomic mass is 127. The van der Waals surface area contributed by atoms with Crippen molar-refractivity contribution in [2.45, 2.75) is 59.5 Å². The molecule has 3 rings (SSSR count). The molecule has 0 saturated carbocycles. The first kappa shape index (κ1) is 23.4. The first-order chi connectivity index (χ1) is 13.7. The molecule has 2 aromatic rings. The van der Waals surface area contributed by atoms with Crippen LogP contribution in [0.3, 0.4) is 0 Å². The van der Waals surface area contributed by atoms with E-state index in [1.54, 1.807) is 0 Å². The van der Waals surface area contributed by atoms with Crippen LogP contribution < -0.4 is 15.5 Å². The molecule has 1 aliphatic heterocycles. The van der Waals surface area contributed by atoms with Crippen molar-refractivity contribution in [1.29, 1.82) is 0 Å². The van der Waals surface area contributed by atoms with Gasteiger partial charge in [0.1, 0.15) is 11.6 Å². The number of aliphatic imine (C=N–C) groups is 1. The molecule has 2 aromatic heterocycles. The first-order valence-corrected chi connectivity index (χ1v) is 10.3. The summed E-state index contributed by atoms with van der Waals surface area (Å²) in [6.07, 6.45) is 7.03. The van der Waals surface area contributed by atoms with E-state index < -0.39 is 0 Å². The number of nitrogens with one attached hydrogen (secondary N) is 2. The van der Waals surface area contributed by atoms with Crippen LogP contribution in [-0.4, -0.2) is 35.6 Å². The molecule has 7 nitrogen and oxygen atoms in total. The van der Waals surface area contributed by atoms with E-state index in [0.717, 1.165) is 48.4 Å². The molecule has 0 amide bonds. The summed E-state index contributed by atoms with van der Waals surface area (Å²) in [6, 6.07) is 4.20. The third kappa shape index (κ3) is 7.17. The highest BCUT2D eigenvalue weighted by Gasteiger charge is 2.11. The van der Waals surface area contributed by atoms with E-state index in [1.807, 2.05) is 26.1 Å². The summed E-state index contributed by atoms with van der Waals surface area (Å²) in [5.74, 6) is 3.35. The summed E-state index contributed by atoms with van der Waals surface area (Å²) in [5, 5.41) is 6.56. The molecule has 1 aliphatic rings. The van der Waals surface area contributed by atoms with E-state index in [0.29, 0.717) is 19.0 Å². The minimum absolute atomic E-state index is 0. The summed E-state index contributed by atoms with van der Waals surface area (Å²) in [5.41, 5.74) is 2.09. The number of hydrogen-bond donors (Lipinski definition) is 2. The van der Waals surface area contributed by atoms with Crippen LogP contribution in [0, 0.1) is 13.8 Å². The van der Waals surface area contributed by atoms with Crippen LogP contribution in [0.5, 0.6) is 0 Å². The van der Waals surface area contributed by atoms with E-state index in [4.69, 9.17) is 9.41 Å². The molecule has 160 valence electrons. The lowest BCUT2D eigenvalue weighted by Gasteiger charge is -2.21. The van der Waals surface area contributed by atoms with E-state index in [-0.39, 0.29) is 24.0 Å². The van der Waals surface area contributed by atoms with Gasteiger partial charge in [0.05, 0.1) is 18.8 Å². The van der Waals surface area contributed by atoms with Gasteiger partial charge < -0.3 is 20.0 Å². The topological polar surface area (TPSA) is 78.6 Å². The van der Waals surface area contributed by atoms with Gasteiger partial charge in [0, 0.05) is 25.8 Å². The molecule has 8 heteroatoms. The SMILES string of the molecule is CCNC(=NCc1ccnc(N2CCCCCC2)c1)NCc1nc(C)c(C)o1.I. The Morgan fingerprint density at radius 1 is 1.17 bits per heavy atom. The van der Waals surface area contributed by atoms with Crippen molar-refractivity contribution in [3.05, 3.63) is 41.2 Å². The van der Waals surface area contributed by atoms with E-state index in [9.17, 15) is 0 Å². The fourth-order valence-corrected chi connectivity index (χ4v) is 3.32. The highest BCUT2D eigenvalue weighted by molar-refractivity contribution is 14.0. The van der Waals surface area contributed by atoms with Crippen LogP contribution in [0.25, 0.3) is 0 Å². The molecule has 3 heterocycles. The molecule has 0 aliphatic carbocycles. The molecule has 0 unspecified atom stereocenters. The quantitative estimate of drug-likeness (QED) is 0.347. The maximum Gasteiger partial charge on any atom is 0.214 e. The van der Waals surface area contributed by atoms with Crippen molar-refractivity contribution in [2.24, 2.45) is 4.99 Å². The minimum Gasteiger partial charge on any atom is -0.444 e. The lowest BCUT2D eigenvalue weighted by atomic mass is 10.2. The second-order valence-corrected chi connectivity index (χ2v) is 7.22. The molecule has 0 bridgehead atoms. The maximum atomic E-state index is 5.63. The average Bonchev–Trinajstić information content (AvgIpc) is 2.90. The summed E-state index contributed by atoms with van der Waals surface area (Å²) >= 11 is 0. The summed E-state index contributed by atoms with van der Waals surface area (Å²) < 4.78 is 5.63. The molecule has 0 atom stereocenters. The Balaban J connectivity index is 0.00000300. The van der Waals surface area contributed by atoms with Gasteiger partial charge in [0.15, 0.2) is 5.96 Å². The van der Waals surface area contributed by atoms with Crippen LogP contribution in [0.1, 0.15) is 55.5 Å². The van der Waals surface area contributed by atoms with Crippen molar-refractivity contribution >= 4 is 35.8 Å². The maximum absolute atomic E-state index is 5.63. The van der Waals surface area contributed by atoms with Crippen LogP contribution in [-0.2, 0) is 13.1 Å². The number of anilines is 1. The Labute approximate surface area is 190 Å². The number of nitrogens with zero attached hydrogens (tertiary/aromatic N) is 4. The number of pyridine rings is 1. The van der Waals surface area contributed by atoms with E-state index >= 15 is 0 Å². The van der Waals surface area contributed by atoms with Crippen molar-refractivity contribution in [3.63, 3.8) is 0 Å². The van der Waals surface area contributed by atoms with E-state index in [1.165, 1.54) is 25.7 Å². The number of guanidine groups is 1.